The average Bonchev–Trinajstić information content (AvgIpc) is 2.94. The van der Waals surface area contributed by atoms with Crippen LogP contribution in [-0.4, -0.2) is 12.0 Å². The van der Waals surface area contributed by atoms with E-state index in [9.17, 15) is 10.1 Å². The number of thiophene rings is 1. The molecule has 1 aromatic carbocycles. The van der Waals surface area contributed by atoms with Gasteiger partial charge < -0.3 is 10.1 Å². The molecule has 0 amide bonds. The zero-order valence-corrected chi connectivity index (χ0v) is 12.1. The molecule has 0 bridgehead atoms. The summed E-state index contributed by atoms with van der Waals surface area (Å²) in [6.07, 6.45) is 0. The highest BCUT2D eigenvalue weighted by Crippen LogP contribution is 2.27. The molecule has 0 saturated carbocycles. The molecule has 1 aromatic heterocycles. The minimum Gasteiger partial charge on any atom is -0.496 e. The Bertz CT molecular complexity index is 598. The van der Waals surface area contributed by atoms with Gasteiger partial charge in [-0.3, -0.25) is 10.1 Å². The van der Waals surface area contributed by atoms with Gasteiger partial charge in [-0.15, -0.1) is 0 Å². The molecule has 0 aliphatic rings. The van der Waals surface area contributed by atoms with Crippen LogP contribution in [0.2, 0.25) is 0 Å². The van der Waals surface area contributed by atoms with E-state index in [4.69, 9.17) is 4.74 Å². The van der Waals surface area contributed by atoms with Crippen LogP contribution in [0.1, 0.15) is 23.4 Å². The summed E-state index contributed by atoms with van der Waals surface area (Å²) in [5.41, 5.74) is 1.07. The zero-order chi connectivity index (χ0) is 14.5. The van der Waals surface area contributed by atoms with Crippen LogP contribution in [-0.2, 0) is 6.54 Å². The van der Waals surface area contributed by atoms with Crippen LogP contribution in [0.5, 0.6) is 5.75 Å². The molecule has 5 nitrogen and oxygen atoms in total. The largest absolute Gasteiger partial charge is 0.496 e. The Morgan fingerprint density at radius 3 is 2.75 bits per heavy atom. The second-order valence-corrected chi connectivity index (χ2v) is 5.49. The molecule has 1 heterocycles. The molecule has 1 atom stereocenters. The van der Waals surface area contributed by atoms with Gasteiger partial charge in [-0.25, -0.2) is 0 Å². The van der Waals surface area contributed by atoms with Crippen LogP contribution in [0, 0.1) is 10.1 Å². The molecule has 0 aliphatic heterocycles. The number of benzene rings is 1. The van der Waals surface area contributed by atoms with Gasteiger partial charge in [-0.2, -0.15) is 0 Å². The van der Waals surface area contributed by atoms with Crippen molar-refractivity contribution in [3.63, 3.8) is 0 Å². The second-order valence-electron chi connectivity index (χ2n) is 4.34. The molecule has 1 N–H and O–H groups in total. The number of nitrogens with one attached hydrogen (secondary N) is 1. The van der Waals surface area contributed by atoms with Crippen molar-refractivity contribution in [3.8, 4) is 5.75 Å². The maximum absolute atomic E-state index is 10.6. The summed E-state index contributed by atoms with van der Waals surface area (Å²) < 4.78 is 5.33. The number of nitrogens with zero attached hydrogens (tertiary/aromatic N) is 1. The third-order valence-corrected chi connectivity index (χ3v) is 4.05. The van der Waals surface area contributed by atoms with Crippen LogP contribution in [0.15, 0.2) is 36.4 Å². The summed E-state index contributed by atoms with van der Waals surface area (Å²) >= 11 is 1.20. The highest BCUT2D eigenvalue weighted by molar-refractivity contribution is 7.15. The number of nitro groups is 1. The first-order valence-corrected chi connectivity index (χ1v) is 7.03. The van der Waals surface area contributed by atoms with Crippen molar-refractivity contribution in [1.82, 2.24) is 5.32 Å². The Morgan fingerprint density at radius 1 is 1.35 bits per heavy atom. The van der Waals surface area contributed by atoms with Gasteiger partial charge in [-0.1, -0.05) is 29.5 Å². The van der Waals surface area contributed by atoms with Crippen LogP contribution in [0.4, 0.5) is 5.00 Å². The minimum atomic E-state index is -0.363. The topological polar surface area (TPSA) is 64.4 Å². The fraction of sp³-hybridized carbons (Fsp3) is 0.286. The third kappa shape index (κ3) is 3.34. The monoisotopic (exact) mass is 292 g/mol. The van der Waals surface area contributed by atoms with Crippen LogP contribution in [0.25, 0.3) is 0 Å². The SMILES string of the molecule is COc1ccccc1C(C)NCc1ccc([N+](=O)[O-])s1. The van der Waals surface area contributed by atoms with Gasteiger partial charge in [-0.05, 0) is 19.1 Å². The van der Waals surface area contributed by atoms with Gasteiger partial charge in [0.1, 0.15) is 5.75 Å². The third-order valence-electron chi connectivity index (χ3n) is 3.02. The summed E-state index contributed by atoms with van der Waals surface area (Å²) in [5.74, 6) is 0.838. The van der Waals surface area contributed by atoms with E-state index in [1.54, 1.807) is 13.2 Å². The lowest BCUT2D eigenvalue weighted by Crippen LogP contribution is -2.18. The van der Waals surface area contributed by atoms with E-state index in [-0.39, 0.29) is 16.0 Å². The van der Waals surface area contributed by atoms with Crippen molar-refractivity contribution in [3.05, 3.63) is 57.0 Å². The second kappa shape index (κ2) is 6.49. The molecule has 2 rings (SSSR count). The van der Waals surface area contributed by atoms with Gasteiger partial charge in [0.15, 0.2) is 0 Å². The fourth-order valence-corrected chi connectivity index (χ4v) is 2.72. The first-order chi connectivity index (χ1) is 9.61. The Labute approximate surface area is 121 Å². The van der Waals surface area contributed by atoms with Crippen molar-refractivity contribution in [2.45, 2.75) is 19.5 Å². The normalized spacial score (nSPS) is 12.1. The van der Waals surface area contributed by atoms with E-state index in [0.29, 0.717) is 6.54 Å². The first-order valence-electron chi connectivity index (χ1n) is 6.21. The van der Waals surface area contributed by atoms with E-state index in [0.717, 1.165) is 16.2 Å². The predicted octanol–water partition coefficient (Wildman–Crippen LogP) is 3.52. The number of methoxy groups -OCH3 is 1. The minimum absolute atomic E-state index is 0.104. The fourth-order valence-electron chi connectivity index (χ4n) is 1.95. The van der Waals surface area contributed by atoms with E-state index >= 15 is 0 Å². The molecule has 1 unspecified atom stereocenters. The highest BCUT2D eigenvalue weighted by atomic mass is 32.1. The van der Waals surface area contributed by atoms with Crippen LogP contribution >= 0.6 is 11.3 Å². The van der Waals surface area contributed by atoms with Crippen LogP contribution in [0.3, 0.4) is 0 Å². The van der Waals surface area contributed by atoms with Crippen molar-refractivity contribution in [2.24, 2.45) is 0 Å². The summed E-state index contributed by atoms with van der Waals surface area (Å²) in [6, 6.07) is 11.2. The summed E-state index contributed by atoms with van der Waals surface area (Å²) in [7, 11) is 1.65. The van der Waals surface area contributed by atoms with E-state index in [1.165, 1.54) is 17.4 Å². The lowest BCUT2D eigenvalue weighted by molar-refractivity contribution is -0.380. The average molecular weight is 292 g/mol. The molecule has 0 spiro atoms. The molecular weight excluding hydrogens is 276 g/mol. The van der Waals surface area contributed by atoms with Gasteiger partial charge >= 0.3 is 5.00 Å². The van der Waals surface area contributed by atoms with Crippen molar-refractivity contribution in [2.75, 3.05) is 7.11 Å². The predicted molar refractivity (Wildman–Crippen MR) is 79.2 cm³/mol. The van der Waals surface area contributed by atoms with Crippen molar-refractivity contribution < 1.29 is 9.66 Å². The molecule has 2 aromatic rings. The molecule has 20 heavy (non-hydrogen) atoms. The summed E-state index contributed by atoms with van der Waals surface area (Å²) in [6.45, 7) is 2.64. The Kier molecular flexibility index (Phi) is 4.70. The lowest BCUT2D eigenvalue weighted by Gasteiger charge is -2.16. The summed E-state index contributed by atoms with van der Waals surface area (Å²) in [4.78, 5) is 11.2. The van der Waals surface area contributed by atoms with Gasteiger partial charge in [0, 0.05) is 29.1 Å². The van der Waals surface area contributed by atoms with Crippen molar-refractivity contribution >= 4 is 16.3 Å². The van der Waals surface area contributed by atoms with E-state index < -0.39 is 0 Å². The molecule has 0 aliphatic carbocycles. The standard InChI is InChI=1S/C14H16N2O3S/c1-10(12-5-3-4-6-13(12)19-2)15-9-11-7-8-14(20-11)16(17)18/h3-8,10,15H,9H2,1-2H3. The number of hydrogen-bond donors (Lipinski definition) is 1. The van der Waals surface area contributed by atoms with Gasteiger partial charge in [0.2, 0.25) is 0 Å². The van der Waals surface area contributed by atoms with Crippen molar-refractivity contribution in [1.29, 1.82) is 0 Å². The maximum Gasteiger partial charge on any atom is 0.324 e. The molecule has 0 radical (unpaired) electrons. The molecule has 6 heteroatoms. The zero-order valence-electron chi connectivity index (χ0n) is 11.3. The first kappa shape index (κ1) is 14.5. The summed E-state index contributed by atoms with van der Waals surface area (Å²) in [5, 5.41) is 14.2. The number of para-hydroxylation sites is 1. The molecule has 0 fully saturated rings. The smallest absolute Gasteiger partial charge is 0.324 e. The lowest BCUT2D eigenvalue weighted by atomic mass is 10.1. The molecular formula is C14H16N2O3S. The number of hydrogen-bond acceptors (Lipinski definition) is 5. The van der Waals surface area contributed by atoms with E-state index in [2.05, 4.69) is 5.32 Å². The Morgan fingerprint density at radius 2 is 2.10 bits per heavy atom. The van der Waals surface area contributed by atoms with E-state index in [1.807, 2.05) is 31.2 Å². The van der Waals surface area contributed by atoms with Crippen LogP contribution < -0.4 is 10.1 Å². The quantitative estimate of drug-likeness (QED) is 0.653. The number of rotatable bonds is 6. The number of ether oxygens (including phenoxy) is 1. The maximum atomic E-state index is 10.6. The Balaban J connectivity index is 2.00. The Hall–Kier alpha value is -1.92. The van der Waals surface area contributed by atoms with Gasteiger partial charge in [0.05, 0.1) is 12.0 Å². The highest BCUT2D eigenvalue weighted by Gasteiger charge is 2.13. The molecule has 0 saturated heterocycles. The molecule has 106 valence electrons. The van der Waals surface area contributed by atoms with Gasteiger partial charge in [0.25, 0.3) is 0 Å².